The minimum absolute atomic E-state index is 0.354. The first-order valence-corrected chi connectivity index (χ1v) is 7.58. The first-order valence-electron chi connectivity index (χ1n) is 7.58. The maximum absolute atomic E-state index is 13.4. The molecule has 0 aliphatic heterocycles. The van der Waals surface area contributed by atoms with Crippen molar-refractivity contribution in [1.29, 1.82) is 5.26 Å². The van der Waals surface area contributed by atoms with Crippen LogP contribution in [0, 0.1) is 31.0 Å². The van der Waals surface area contributed by atoms with E-state index in [2.05, 4.69) is 11.1 Å². The summed E-state index contributed by atoms with van der Waals surface area (Å²) in [6.07, 6.45) is 3.54. The van der Waals surface area contributed by atoms with Gasteiger partial charge in [-0.1, -0.05) is 18.2 Å². The lowest BCUT2D eigenvalue weighted by Gasteiger charge is -2.08. The van der Waals surface area contributed by atoms with E-state index in [1.54, 1.807) is 24.4 Å². The largest absolute Gasteiger partial charge is 0.303 e. The smallest absolute Gasteiger partial charge is 0.136 e. The van der Waals surface area contributed by atoms with Crippen LogP contribution in [0.3, 0.4) is 0 Å². The van der Waals surface area contributed by atoms with Gasteiger partial charge in [-0.25, -0.2) is 9.37 Å². The minimum atomic E-state index is -0.354. The second kappa shape index (κ2) is 6.51. The molecule has 1 aromatic carbocycles. The number of allylic oxidation sites excluding steroid dienone is 1. The number of hydrogen-bond donors (Lipinski definition) is 0. The van der Waals surface area contributed by atoms with Crippen LogP contribution in [0.2, 0.25) is 0 Å². The first-order chi connectivity index (χ1) is 11.6. The van der Waals surface area contributed by atoms with Crippen molar-refractivity contribution < 1.29 is 4.39 Å². The molecule has 0 fully saturated rings. The molecule has 3 aromatic rings. The summed E-state index contributed by atoms with van der Waals surface area (Å²) in [6.45, 7) is 3.97. The summed E-state index contributed by atoms with van der Waals surface area (Å²) in [7, 11) is 0. The highest BCUT2D eigenvalue weighted by Crippen LogP contribution is 2.24. The van der Waals surface area contributed by atoms with Crippen molar-refractivity contribution in [3.8, 4) is 11.9 Å². The van der Waals surface area contributed by atoms with Gasteiger partial charge in [-0.3, -0.25) is 0 Å². The topological polar surface area (TPSA) is 41.6 Å². The van der Waals surface area contributed by atoms with Crippen LogP contribution in [-0.4, -0.2) is 9.55 Å². The average Bonchev–Trinajstić information content (AvgIpc) is 2.87. The van der Waals surface area contributed by atoms with E-state index < -0.39 is 0 Å². The van der Waals surface area contributed by atoms with Gasteiger partial charge >= 0.3 is 0 Å². The number of rotatable bonds is 3. The summed E-state index contributed by atoms with van der Waals surface area (Å²) < 4.78 is 15.5. The monoisotopic (exact) mass is 317 g/mol. The van der Waals surface area contributed by atoms with Crippen molar-refractivity contribution in [3.63, 3.8) is 0 Å². The summed E-state index contributed by atoms with van der Waals surface area (Å²) in [6, 6.07) is 16.0. The quantitative estimate of drug-likeness (QED) is 0.657. The number of halogens is 1. The van der Waals surface area contributed by atoms with Gasteiger partial charge in [-0.05, 0) is 61.4 Å². The van der Waals surface area contributed by atoms with E-state index in [-0.39, 0.29) is 5.82 Å². The first kappa shape index (κ1) is 15.7. The van der Waals surface area contributed by atoms with E-state index >= 15 is 0 Å². The SMILES string of the molecule is Cc1cc(/C=C(/C#N)c2cccc(F)c2)c(C)n1-c1ccccn1. The standard InChI is InChI=1S/C20H16FN3/c1-14-10-17(15(2)24(14)20-8-3-4-9-23-20)11-18(13-22)16-6-5-7-19(21)12-16/h3-12H,1-2H3/b18-11-. The molecule has 4 heteroatoms. The molecule has 24 heavy (non-hydrogen) atoms. The number of nitriles is 1. The number of benzene rings is 1. The highest BCUT2D eigenvalue weighted by molar-refractivity contribution is 5.90. The van der Waals surface area contributed by atoms with Crippen LogP contribution in [0.15, 0.2) is 54.7 Å². The molecule has 3 nitrogen and oxygen atoms in total. The third-order valence-electron chi connectivity index (χ3n) is 3.90. The molecule has 0 saturated heterocycles. The van der Waals surface area contributed by atoms with Crippen molar-refractivity contribution >= 4 is 11.6 Å². The molecule has 0 aliphatic carbocycles. The van der Waals surface area contributed by atoms with Crippen LogP contribution in [0.1, 0.15) is 22.5 Å². The van der Waals surface area contributed by atoms with Crippen LogP contribution in [0.5, 0.6) is 0 Å². The zero-order valence-electron chi connectivity index (χ0n) is 13.5. The summed E-state index contributed by atoms with van der Waals surface area (Å²) >= 11 is 0. The van der Waals surface area contributed by atoms with Gasteiger partial charge in [0.05, 0.1) is 11.6 Å². The Morgan fingerprint density at radius 3 is 2.67 bits per heavy atom. The Labute approximate surface area is 140 Å². The molecule has 0 radical (unpaired) electrons. The Morgan fingerprint density at radius 2 is 2.00 bits per heavy atom. The van der Waals surface area contributed by atoms with Crippen LogP contribution < -0.4 is 0 Å². The molecule has 2 heterocycles. The third-order valence-corrected chi connectivity index (χ3v) is 3.90. The van der Waals surface area contributed by atoms with Crippen molar-refractivity contribution in [1.82, 2.24) is 9.55 Å². The Hall–Kier alpha value is -3.19. The molecule has 0 bridgehead atoms. The predicted octanol–water partition coefficient (Wildman–Crippen LogP) is 4.69. The van der Waals surface area contributed by atoms with E-state index in [0.717, 1.165) is 22.8 Å². The lowest BCUT2D eigenvalue weighted by Crippen LogP contribution is -2.01. The van der Waals surface area contributed by atoms with Crippen molar-refractivity contribution in [3.05, 3.63) is 83.1 Å². The minimum Gasteiger partial charge on any atom is -0.303 e. The molecular weight excluding hydrogens is 301 g/mol. The fraction of sp³-hybridized carbons (Fsp3) is 0.100. The Morgan fingerprint density at radius 1 is 1.17 bits per heavy atom. The Kier molecular flexibility index (Phi) is 4.26. The highest BCUT2D eigenvalue weighted by atomic mass is 19.1. The van der Waals surface area contributed by atoms with Crippen LogP contribution in [0.4, 0.5) is 4.39 Å². The molecule has 2 aromatic heterocycles. The van der Waals surface area contributed by atoms with E-state index in [0.29, 0.717) is 11.1 Å². The Bertz CT molecular complexity index is 947. The van der Waals surface area contributed by atoms with Crippen LogP contribution in [-0.2, 0) is 0 Å². The molecule has 0 amide bonds. The van der Waals surface area contributed by atoms with Gasteiger partial charge < -0.3 is 4.57 Å². The zero-order valence-corrected chi connectivity index (χ0v) is 13.5. The van der Waals surface area contributed by atoms with Crippen molar-refractivity contribution in [2.45, 2.75) is 13.8 Å². The molecule has 0 N–H and O–H groups in total. The highest BCUT2D eigenvalue weighted by Gasteiger charge is 2.11. The lowest BCUT2D eigenvalue weighted by molar-refractivity contribution is 0.627. The third kappa shape index (κ3) is 2.97. The normalized spacial score (nSPS) is 11.3. The van der Waals surface area contributed by atoms with E-state index in [9.17, 15) is 9.65 Å². The predicted molar refractivity (Wildman–Crippen MR) is 92.9 cm³/mol. The number of aryl methyl sites for hydroxylation is 1. The zero-order chi connectivity index (χ0) is 17.1. The van der Waals surface area contributed by atoms with Gasteiger partial charge in [0.2, 0.25) is 0 Å². The fourth-order valence-corrected chi connectivity index (χ4v) is 2.76. The maximum atomic E-state index is 13.4. The van der Waals surface area contributed by atoms with Crippen molar-refractivity contribution in [2.24, 2.45) is 0 Å². The van der Waals surface area contributed by atoms with Gasteiger partial charge in [0.25, 0.3) is 0 Å². The van der Waals surface area contributed by atoms with Gasteiger partial charge in [0.1, 0.15) is 11.6 Å². The van der Waals surface area contributed by atoms with Crippen molar-refractivity contribution in [2.75, 3.05) is 0 Å². The number of pyridine rings is 1. The molecule has 0 atom stereocenters. The summed E-state index contributed by atoms with van der Waals surface area (Å²) in [5, 5.41) is 9.46. The molecular formula is C20H16FN3. The van der Waals surface area contributed by atoms with E-state index in [1.165, 1.54) is 12.1 Å². The van der Waals surface area contributed by atoms with E-state index in [1.807, 2.05) is 42.7 Å². The van der Waals surface area contributed by atoms with Crippen LogP contribution >= 0.6 is 0 Å². The number of nitrogens with zero attached hydrogens (tertiary/aromatic N) is 3. The summed E-state index contributed by atoms with van der Waals surface area (Å²) in [5.74, 6) is 0.476. The van der Waals surface area contributed by atoms with Gasteiger partial charge in [0.15, 0.2) is 0 Å². The molecule has 118 valence electrons. The Balaban J connectivity index is 2.09. The summed E-state index contributed by atoms with van der Waals surface area (Å²) in [5.41, 5.74) is 3.92. The lowest BCUT2D eigenvalue weighted by atomic mass is 10.0. The van der Waals surface area contributed by atoms with Crippen LogP contribution in [0.25, 0.3) is 17.5 Å². The summed E-state index contributed by atoms with van der Waals surface area (Å²) in [4.78, 5) is 4.38. The maximum Gasteiger partial charge on any atom is 0.136 e. The average molecular weight is 317 g/mol. The molecule has 0 spiro atoms. The number of aromatic nitrogens is 2. The second-order valence-electron chi connectivity index (χ2n) is 5.53. The molecule has 0 saturated carbocycles. The number of hydrogen-bond acceptors (Lipinski definition) is 2. The van der Waals surface area contributed by atoms with Gasteiger partial charge in [-0.15, -0.1) is 0 Å². The van der Waals surface area contributed by atoms with Gasteiger partial charge in [0, 0.05) is 17.6 Å². The molecule has 0 aliphatic rings. The second-order valence-corrected chi connectivity index (χ2v) is 5.53. The fourth-order valence-electron chi connectivity index (χ4n) is 2.76. The van der Waals surface area contributed by atoms with Gasteiger partial charge in [-0.2, -0.15) is 5.26 Å². The van der Waals surface area contributed by atoms with E-state index in [4.69, 9.17) is 0 Å². The molecule has 0 unspecified atom stereocenters. The molecule has 3 rings (SSSR count).